The fraction of sp³-hybridized carbons (Fsp3) is 0.350. The van der Waals surface area contributed by atoms with Gasteiger partial charge in [-0.25, -0.2) is 8.42 Å². The Morgan fingerprint density at radius 1 is 1.07 bits per heavy atom. The number of methoxy groups -OCH3 is 2. The number of ether oxygens (including phenoxy) is 2. The van der Waals surface area contributed by atoms with Crippen molar-refractivity contribution in [1.82, 2.24) is 5.32 Å². The van der Waals surface area contributed by atoms with Gasteiger partial charge in [-0.05, 0) is 24.1 Å². The summed E-state index contributed by atoms with van der Waals surface area (Å²) in [5.41, 5.74) is 1.29. The molecule has 2 aromatic rings. The number of nitrogens with one attached hydrogen (secondary N) is 1. The summed E-state index contributed by atoms with van der Waals surface area (Å²) in [6.07, 6.45) is 1.75. The number of hydrogen-bond donors (Lipinski definition) is 1. The highest BCUT2D eigenvalue weighted by Crippen LogP contribution is 2.32. The number of sulfonamides is 1. The third kappa shape index (κ3) is 5.39. The Bertz CT molecular complexity index is 900. The first-order chi connectivity index (χ1) is 13.3. The van der Waals surface area contributed by atoms with E-state index >= 15 is 0 Å². The molecule has 0 heterocycles. The normalized spacial score (nSPS) is 12.1. The molecule has 0 spiro atoms. The maximum Gasteiger partial charge on any atom is 0.241 e. The third-order valence-corrected chi connectivity index (χ3v) is 5.43. The Kier molecular flexibility index (Phi) is 7.28. The molecule has 0 fully saturated rings. The predicted molar refractivity (Wildman–Crippen MR) is 109 cm³/mol. The zero-order valence-electron chi connectivity index (χ0n) is 16.5. The van der Waals surface area contributed by atoms with Crippen LogP contribution >= 0.6 is 0 Å². The molecule has 0 aliphatic rings. The summed E-state index contributed by atoms with van der Waals surface area (Å²) in [7, 11) is -0.732. The van der Waals surface area contributed by atoms with Crippen LogP contribution < -0.4 is 19.1 Å². The van der Waals surface area contributed by atoms with Crippen molar-refractivity contribution < 1.29 is 22.7 Å². The van der Waals surface area contributed by atoms with E-state index in [-0.39, 0.29) is 12.6 Å². The standard InChI is InChI=1S/C20H26N2O5S/c1-5-17(15-9-7-6-8-10-15)21-20(23)14-22(28(4,24)25)16-11-12-18(26-2)19(13-16)27-3/h6-13,17H,5,14H2,1-4H3,(H,21,23)/t17-/m0/s1. The highest BCUT2D eigenvalue weighted by atomic mass is 32.2. The molecule has 0 unspecified atom stereocenters. The lowest BCUT2D eigenvalue weighted by molar-refractivity contribution is -0.120. The van der Waals surface area contributed by atoms with E-state index in [1.807, 2.05) is 37.3 Å². The minimum Gasteiger partial charge on any atom is -0.493 e. The molecular weight excluding hydrogens is 380 g/mol. The van der Waals surface area contributed by atoms with Crippen LogP contribution in [0.25, 0.3) is 0 Å². The first kappa shape index (κ1) is 21.6. The zero-order chi connectivity index (χ0) is 20.7. The van der Waals surface area contributed by atoms with Gasteiger partial charge in [0, 0.05) is 6.07 Å². The lowest BCUT2D eigenvalue weighted by Gasteiger charge is -2.24. The smallest absolute Gasteiger partial charge is 0.241 e. The van der Waals surface area contributed by atoms with Crippen molar-refractivity contribution in [2.24, 2.45) is 0 Å². The average Bonchev–Trinajstić information content (AvgIpc) is 2.69. The molecular formula is C20H26N2O5S. The molecule has 0 aromatic heterocycles. The molecule has 0 radical (unpaired) electrons. The molecule has 1 amide bonds. The number of hydrogen-bond acceptors (Lipinski definition) is 5. The average molecular weight is 407 g/mol. The van der Waals surface area contributed by atoms with Gasteiger partial charge >= 0.3 is 0 Å². The second-order valence-electron chi connectivity index (χ2n) is 6.25. The molecule has 0 saturated heterocycles. The maximum absolute atomic E-state index is 12.6. The van der Waals surface area contributed by atoms with E-state index in [4.69, 9.17) is 9.47 Å². The van der Waals surface area contributed by atoms with Gasteiger partial charge in [-0.2, -0.15) is 0 Å². The molecule has 8 heteroatoms. The molecule has 0 saturated carbocycles. The molecule has 0 aliphatic heterocycles. The van der Waals surface area contributed by atoms with Gasteiger partial charge in [0.2, 0.25) is 15.9 Å². The predicted octanol–water partition coefficient (Wildman–Crippen LogP) is 2.74. The van der Waals surface area contributed by atoms with Gasteiger partial charge in [-0.3, -0.25) is 9.10 Å². The summed E-state index contributed by atoms with van der Waals surface area (Å²) >= 11 is 0. The van der Waals surface area contributed by atoms with Crippen molar-refractivity contribution in [1.29, 1.82) is 0 Å². The van der Waals surface area contributed by atoms with E-state index in [1.165, 1.54) is 20.3 Å². The molecule has 0 aliphatic carbocycles. The topological polar surface area (TPSA) is 84.9 Å². The highest BCUT2D eigenvalue weighted by Gasteiger charge is 2.23. The van der Waals surface area contributed by atoms with E-state index in [1.54, 1.807) is 12.1 Å². The Morgan fingerprint density at radius 2 is 1.71 bits per heavy atom. The molecule has 1 atom stereocenters. The maximum atomic E-state index is 12.6. The number of carbonyl (C=O) groups excluding carboxylic acids is 1. The fourth-order valence-electron chi connectivity index (χ4n) is 2.86. The largest absolute Gasteiger partial charge is 0.493 e. The molecule has 28 heavy (non-hydrogen) atoms. The van der Waals surface area contributed by atoms with Crippen LogP contribution in [0.3, 0.4) is 0 Å². The Morgan fingerprint density at radius 3 is 2.25 bits per heavy atom. The van der Waals surface area contributed by atoms with Gasteiger partial charge in [0.25, 0.3) is 0 Å². The van der Waals surface area contributed by atoms with Gasteiger partial charge < -0.3 is 14.8 Å². The van der Waals surface area contributed by atoms with Crippen LogP contribution in [-0.4, -0.2) is 41.3 Å². The summed E-state index contributed by atoms with van der Waals surface area (Å²) in [6.45, 7) is 1.62. The summed E-state index contributed by atoms with van der Waals surface area (Å²) in [5.74, 6) is 0.458. The Hall–Kier alpha value is -2.74. The first-order valence-electron chi connectivity index (χ1n) is 8.84. The van der Waals surface area contributed by atoms with Crippen molar-refractivity contribution >= 4 is 21.6 Å². The number of rotatable bonds is 9. The number of anilines is 1. The van der Waals surface area contributed by atoms with Gasteiger partial charge in [0.05, 0.1) is 32.2 Å². The van der Waals surface area contributed by atoms with Crippen LogP contribution in [0, 0.1) is 0 Å². The summed E-state index contributed by atoms with van der Waals surface area (Å²) in [5, 5.41) is 2.91. The van der Waals surface area contributed by atoms with Crippen LogP contribution in [0.1, 0.15) is 24.9 Å². The van der Waals surface area contributed by atoms with Gasteiger partial charge in [0.1, 0.15) is 6.54 Å². The number of amides is 1. The van der Waals surface area contributed by atoms with Gasteiger partial charge in [0.15, 0.2) is 11.5 Å². The van der Waals surface area contributed by atoms with Crippen LogP contribution in [0.4, 0.5) is 5.69 Å². The summed E-state index contributed by atoms with van der Waals surface area (Å²) < 4.78 is 36.1. The monoisotopic (exact) mass is 406 g/mol. The van der Waals surface area contributed by atoms with Crippen molar-refractivity contribution in [2.75, 3.05) is 31.3 Å². The second kappa shape index (κ2) is 9.45. The van der Waals surface area contributed by atoms with Gasteiger partial charge in [-0.1, -0.05) is 37.3 Å². The van der Waals surface area contributed by atoms with Crippen molar-refractivity contribution in [3.63, 3.8) is 0 Å². The Labute approximate surface area is 166 Å². The van der Waals surface area contributed by atoms with Crippen LogP contribution in [0.15, 0.2) is 48.5 Å². The minimum absolute atomic E-state index is 0.194. The van der Waals surface area contributed by atoms with E-state index in [0.29, 0.717) is 23.6 Å². The van der Waals surface area contributed by atoms with E-state index in [9.17, 15) is 13.2 Å². The third-order valence-electron chi connectivity index (χ3n) is 4.29. The second-order valence-corrected chi connectivity index (χ2v) is 8.15. The number of benzene rings is 2. The first-order valence-corrected chi connectivity index (χ1v) is 10.7. The molecule has 1 N–H and O–H groups in total. The zero-order valence-corrected chi connectivity index (χ0v) is 17.3. The molecule has 152 valence electrons. The van der Waals surface area contributed by atoms with Crippen LogP contribution in [0.5, 0.6) is 11.5 Å². The lowest BCUT2D eigenvalue weighted by Crippen LogP contribution is -2.41. The number of carbonyl (C=O) groups is 1. The van der Waals surface area contributed by atoms with Crippen molar-refractivity contribution in [2.45, 2.75) is 19.4 Å². The number of nitrogens with zero attached hydrogens (tertiary/aromatic N) is 1. The lowest BCUT2D eigenvalue weighted by atomic mass is 10.0. The molecule has 2 aromatic carbocycles. The molecule has 7 nitrogen and oxygen atoms in total. The Balaban J connectivity index is 2.24. The quantitative estimate of drug-likeness (QED) is 0.692. The fourth-order valence-corrected chi connectivity index (χ4v) is 3.71. The van der Waals surface area contributed by atoms with Crippen LogP contribution in [0.2, 0.25) is 0 Å². The van der Waals surface area contributed by atoms with Crippen molar-refractivity contribution in [3.05, 3.63) is 54.1 Å². The summed E-state index contributed by atoms with van der Waals surface area (Å²) in [4.78, 5) is 12.6. The van der Waals surface area contributed by atoms with E-state index in [2.05, 4.69) is 5.32 Å². The molecule has 0 bridgehead atoms. The highest BCUT2D eigenvalue weighted by molar-refractivity contribution is 7.92. The van der Waals surface area contributed by atoms with Crippen LogP contribution in [-0.2, 0) is 14.8 Å². The SMILES string of the molecule is CC[C@H](NC(=O)CN(c1ccc(OC)c(OC)c1)S(C)(=O)=O)c1ccccc1. The molecule has 2 rings (SSSR count). The summed E-state index contributed by atoms with van der Waals surface area (Å²) in [6, 6.07) is 14.1. The minimum atomic E-state index is -3.69. The van der Waals surface area contributed by atoms with Gasteiger partial charge in [-0.15, -0.1) is 0 Å². The van der Waals surface area contributed by atoms with E-state index < -0.39 is 15.9 Å². The van der Waals surface area contributed by atoms with E-state index in [0.717, 1.165) is 16.1 Å². The van der Waals surface area contributed by atoms with Crippen molar-refractivity contribution in [3.8, 4) is 11.5 Å².